The van der Waals surface area contributed by atoms with Crippen molar-refractivity contribution in [3.8, 4) is 0 Å². The molecule has 30 heavy (non-hydrogen) atoms. The summed E-state index contributed by atoms with van der Waals surface area (Å²) < 4.78 is 26.4. The summed E-state index contributed by atoms with van der Waals surface area (Å²) in [7, 11) is -3.18. The number of hydrogen-bond acceptors (Lipinski definition) is 7. The fourth-order valence-electron chi connectivity index (χ4n) is 4.47. The van der Waals surface area contributed by atoms with E-state index in [1.54, 1.807) is 16.8 Å². The Labute approximate surface area is 180 Å². The Balaban J connectivity index is 1.63. The molecular weight excluding hydrogens is 430 g/mol. The lowest BCUT2D eigenvalue weighted by molar-refractivity contribution is 0.129. The van der Waals surface area contributed by atoms with E-state index in [1.165, 1.54) is 10.6 Å². The maximum absolute atomic E-state index is 12.9. The number of aromatic nitrogens is 3. The van der Waals surface area contributed by atoms with Gasteiger partial charge < -0.3 is 10.4 Å². The van der Waals surface area contributed by atoms with Crippen LogP contribution in [0.15, 0.2) is 17.1 Å². The van der Waals surface area contributed by atoms with Gasteiger partial charge in [0.25, 0.3) is 5.56 Å². The summed E-state index contributed by atoms with van der Waals surface area (Å²) >= 11 is 6.18. The highest BCUT2D eigenvalue weighted by atomic mass is 35.5. The molecule has 0 aromatic carbocycles. The Bertz CT molecular complexity index is 1110. The van der Waals surface area contributed by atoms with E-state index in [9.17, 15) is 18.3 Å². The van der Waals surface area contributed by atoms with E-state index in [2.05, 4.69) is 15.3 Å². The molecule has 2 aromatic heterocycles. The molecule has 2 aliphatic rings. The highest BCUT2D eigenvalue weighted by molar-refractivity contribution is 7.88. The van der Waals surface area contributed by atoms with Gasteiger partial charge in [-0.15, -0.1) is 0 Å². The lowest BCUT2D eigenvalue weighted by Crippen LogP contribution is -2.42. The topological polar surface area (TPSA) is 117 Å². The van der Waals surface area contributed by atoms with Crippen molar-refractivity contribution < 1.29 is 13.5 Å². The van der Waals surface area contributed by atoms with Crippen molar-refractivity contribution in [3.63, 3.8) is 0 Å². The monoisotopic (exact) mass is 455 g/mol. The van der Waals surface area contributed by atoms with Crippen LogP contribution in [0.4, 0.5) is 5.95 Å². The molecule has 0 unspecified atom stereocenters. The van der Waals surface area contributed by atoms with Gasteiger partial charge in [-0.2, -0.15) is 4.98 Å². The van der Waals surface area contributed by atoms with Crippen molar-refractivity contribution in [2.75, 3.05) is 24.7 Å². The number of anilines is 1. The molecule has 1 saturated carbocycles. The minimum absolute atomic E-state index is 0.0418. The Morgan fingerprint density at radius 3 is 2.53 bits per heavy atom. The third kappa shape index (κ3) is 4.05. The summed E-state index contributed by atoms with van der Waals surface area (Å²) in [5.74, 6) is 0.304. The van der Waals surface area contributed by atoms with E-state index in [1.807, 2.05) is 6.92 Å². The molecule has 1 aliphatic heterocycles. The van der Waals surface area contributed by atoms with E-state index in [0.717, 1.165) is 0 Å². The number of nitrogens with zero attached hydrogens (tertiary/aromatic N) is 4. The van der Waals surface area contributed by atoms with E-state index >= 15 is 0 Å². The quantitative estimate of drug-likeness (QED) is 0.719. The predicted octanol–water partition coefficient (Wildman–Crippen LogP) is 1.61. The lowest BCUT2D eigenvalue weighted by Gasteiger charge is -2.30. The Kier molecular flexibility index (Phi) is 5.78. The first kappa shape index (κ1) is 21.5. The Morgan fingerprint density at radius 2 is 1.93 bits per heavy atom. The molecule has 3 atom stereocenters. The fourth-order valence-corrected chi connectivity index (χ4v) is 5.55. The van der Waals surface area contributed by atoms with E-state index in [0.29, 0.717) is 55.8 Å². The number of aliphatic hydroxyl groups excluding tert-OH is 1. The molecule has 1 saturated heterocycles. The third-order valence-electron chi connectivity index (χ3n) is 6.29. The number of nitrogens with one attached hydrogen (secondary N) is 1. The van der Waals surface area contributed by atoms with Crippen LogP contribution in [0.5, 0.6) is 0 Å². The van der Waals surface area contributed by atoms with Gasteiger partial charge >= 0.3 is 0 Å². The van der Waals surface area contributed by atoms with Gasteiger partial charge in [0.1, 0.15) is 10.7 Å². The smallest absolute Gasteiger partial charge is 0.271 e. The largest absolute Gasteiger partial charge is 0.393 e. The van der Waals surface area contributed by atoms with Crippen molar-refractivity contribution in [2.24, 2.45) is 5.92 Å². The summed E-state index contributed by atoms with van der Waals surface area (Å²) in [6.45, 7) is 2.82. The first-order valence-electron chi connectivity index (χ1n) is 10.1. The summed E-state index contributed by atoms with van der Waals surface area (Å²) in [5, 5.41) is 14.2. The van der Waals surface area contributed by atoms with Gasteiger partial charge in [-0.05, 0) is 31.7 Å². The average Bonchev–Trinajstić information content (AvgIpc) is 3.02. The Morgan fingerprint density at radius 1 is 1.23 bits per heavy atom. The third-order valence-corrected chi connectivity index (χ3v) is 7.86. The van der Waals surface area contributed by atoms with Gasteiger partial charge in [-0.1, -0.05) is 18.5 Å². The first-order chi connectivity index (χ1) is 14.1. The first-order valence-corrected chi connectivity index (χ1v) is 12.4. The molecule has 2 aromatic rings. The average molecular weight is 456 g/mol. The van der Waals surface area contributed by atoms with Gasteiger partial charge in [0, 0.05) is 42.7 Å². The van der Waals surface area contributed by atoms with Gasteiger partial charge in [0.05, 0.1) is 12.4 Å². The number of rotatable bonds is 4. The van der Waals surface area contributed by atoms with E-state index in [4.69, 9.17) is 11.6 Å². The molecular formula is C19H26ClN5O4S. The number of piperidine rings is 1. The van der Waals surface area contributed by atoms with Crippen molar-refractivity contribution in [3.05, 3.63) is 27.6 Å². The number of pyridine rings is 1. The second-order valence-corrected chi connectivity index (χ2v) is 10.7. The highest BCUT2D eigenvalue weighted by Crippen LogP contribution is 2.36. The number of fused-ring (bicyclic) bond motifs is 1. The summed E-state index contributed by atoms with van der Waals surface area (Å²) in [6.07, 6.45) is 4.99. The van der Waals surface area contributed by atoms with Gasteiger partial charge in [0.15, 0.2) is 0 Å². The van der Waals surface area contributed by atoms with Crippen LogP contribution in [0, 0.1) is 5.92 Å². The van der Waals surface area contributed by atoms with Gasteiger partial charge in [0.2, 0.25) is 16.0 Å². The van der Waals surface area contributed by atoms with Crippen LogP contribution < -0.4 is 10.9 Å². The molecule has 0 spiro atoms. The van der Waals surface area contributed by atoms with Crippen molar-refractivity contribution in [1.29, 1.82) is 0 Å². The van der Waals surface area contributed by atoms with Crippen LogP contribution in [0.3, 0.4) is 0 Å². The molecule has 0 bridgehead atoms. The highest BCUT2D eigenvalue weighted by Gasteiger charge is 2.35. The minimum atomic E-state index is -3.18. The minimum Gasteiger partial charge on any atom is -0.393 e. The van der Waals surface area contributed by atoms with Crippen LogP contribution in [-0.4, -0.2) is 63.9 Å². The molecule has 164 valence electrons. The Hall–Kier alpha value is -1.75. The zero-order chi connectivity index (χ0) is 21.6. The van der Waals surface area contributed by atoms with Crippen LogP contribution in [0.1, 0.15) is 38.6 Å². The van der Waals surface area contributed by atoms with Crippen molar-refractivity contribution in [1.82, 2.24) is 18.8 Å². The molecule has 4 rings (SSSR count). The molecule has 1 aliphatic carbocycles. The molecule has 11 heteroatoms. The van der Waals surface area contributed by atoms with Crippen molar-refractivity contribution in [2.45, 2.75) is 50.8 Å². The fraction of sp³-hybridized carbons (Fsp3) is 0.632. The number of sulfonamides is 1. The number of halogens is 1. The second-order valence-electron chi connectivity index (χ2n) is 8.29. The van der Waals surface area contributed by atoms with Gasteiger partial charge in [-0.25, -0.2) is 17.7 Å². The van der Waals surface area contributed by atoms with Crippen LogP contribution >= 0.6 is 11.6 Å². The molecule has 0 amide bonds. The molecule has 2 N–H and O–H groups in total. The summed E-state index contributed by atoms with van der Waals surface area (Å²) in [5.41, 5.74) is 0.169. The standard InChI is InChI=1S/C19H26ClN5O4S/c1-11-15(3-4-16(11)26)25-17-12(9-14(20)18(25)27)10-21-19(23-17)22-13-5-7-24(8-6-13)30(2,28)29/h9-11,13,15-16,26H,3-8H2,1-2H3,(H,21,22,23)/t11-,15+,16+/m0/s1. The maximum Gasteiger partial charge on any atom is 0.271 e. The zero-order valence-corrected chi connectivity index (χ0v) is 18.5. The van der Waals surface area contributed by atoms with Gasteiger partial charge in [-0.3, -0.25) is 9.36 Å². The predicted molar refractivity (Wildman–Crippen MR) is 115 cm³/mol. The SMILES string of the molecule is C[C@@H]1[C@H](O)CC[C@H]1n1c(=O)c(Cl)cc2cnc(NC3CCN(S(C)(=O)=O)CC3)nc21. The van der Waals surface area contributed by atoms with Crippen LogP contribution in [0.25, 0.3) is 11.0 Å². The van der Waals surface area contributed by atoms with Crippen molar-refractivity contribution >= 4 is 38.6 Å². The number of aliphatic hydroxyl groups is 1. The second kappa shape index (κ2) is 8.07. The molecule has 0 radical (unpaired) electrons. The van der Waals surface area contributed by atoms with Crippen LogP contribution in [0.2, 0.25) is 5.02 Å². The summed E-state index contributed by atoms with van der Waals surface area (Å²) in [6, 6.07) is 1.43. The van der Waals surface area contributed by atoms with Crippen LogP contribution in [-0.2, 0) is 10.0 Å². The molecule has 3 heterocycles. The van der Waals surface area contributed by atoms with E-state index in [-0.39, 0.29) is 28.6 Å². The maximum atomic E-state index is 12.9. The van der Waals surface area contributed by atoms with E-state index < -0.39 is 16.1 Å². The summed E-state index contributed by atoms with van der Waals surface area (Å²) in [4.78, 5) is 21.8. The normalized spacial score (nSPS) is 26.3. The lowest BCUT2D eigenvalue weighted by atomic mass is 10.0. The number of hydrogen-bond donors (Lipinski definition) is 2. The zero-order valence-electron chi connectivity index (χ0n) is 17.0. The molecule has 2 fully saturated rings. The molecule has 9 nitrogen and oxygen atoms in total.